The van der Waals surface area contributed by atoms with Gasteiger partial charge in [0, 0.05) is 17.9 Å². The van der Waals surface area contributed by atoms with Gasteiger partial charge in [-0.05, 0) is 33.8 Å². The van der Waals surface area contributed by atoms with Crippen LogP contribution in [0.3, 0.4) is 0 Å². The van der Waals surface area contributed by atoms with Crippen molar-refractivity contribution in [2.45, 2.75) is 38.9 Å². The first-order valence-corrected chi connectivity index (χ1v) is 5.77. The first-order valence-electron chi connectivity index (χ1n) is 5.77. The van der Waals surface area contributed by atoms with E-state index in [-0.39, 0.29) is 5.56 Å². The Balaban J connectivity index is 2.30. The lowest BCUT2D eigenvalue weighted by atomic mass is 9.80. The van der Waals surface area contributed by atoms with Crippen LogP contribution in [0.4, 0.5) is 0 Å². The van der Waals surface area contributed by atoms with Gasteiger partial charge in [-0.3, -0.25) is 4.98 Å². The number of pyridine rings is 1. The molecule has 1 N–H and O–H groups in total. The molecule has 0 bridgehead atoms. The molecule has 0 spiro atoms. The van der Waals surface area contributed by atoms with Gasteiger partial charge >= 0.3 is 13.1 Å². The highest BCUT2D eigenvalue weighted by Crippen LogP contribution is 2.36. The van der Waals surface area contributed by atoms with Crippen LogP contribution in [-0.4, -0.2) is 34.4 Å². The monoisotopic (exact) mass is 249 g/mol. The quantitative estimate of drug-likeness (QED) is 0.794. The Kier molecular flexibility index (Phi) is 2.95. The third-order valence-electron chi connectivity index (χ3n) is 3.53. The van der Waals surface area contributed by atoms with E-state index < -0.39 is 24.3 Å². The van der Waals surface area contributed by atoms with Crippen LogP contribution in [0, 0.1) is 0 Å². The highest BCUT2D eigenvalue weighted by atomic mass is 16.7. The predicted octanol–water partition coefficient (Wildman–Crippen LogP) is 1.08. The fourth-order valence-electron chi connectivity index (χ4n) is 1.68. The minimum atomic E-state index is -1.01. The van der Waals surface area contributed by atoms with Crippen LogP contribution in [0.1, 0.15) is 38.1 Å². The summed E-state index contributed by atoms with van der Waals surface area (Å²) in [7, 11) is -0.582. The van der Waals surface area contributed by atoms with E-state index >= 15 is 0 Å². The maximum Gasteiger partial charge on any atom is 0.496 e. The summed E-state index contributed by atoms with van der Waals surface area (Å²) in [5, 5.41) is 8.94. The number of hydrogen-bond acceptors (Lipinski definition) is 4. The summed E-state index contributed by atoms with van der Waals surface area (Å²) in [6.45, 7) is 7.78. The zero-order chi connectivity index (χ0) is 13.6. The Hall–Kier alpha value is -1.40. The summed E-state index contributed by atoms with van der Waals surface area (Å²) in [6, 6.07) is 1.53. The van der Waals surface area contributed by atoms with Gasteiger partial charge in [-0.1, -0.05) is 0 Å². The number of carbonyl (C=O) groups is 1. The highest BCUT2D eigenvalue weighted by molar-refractivity contribution is 6.62. The molecular formula is C12H16BNO4. The number of nitrogens with zero attached hydrogens (tertiary/aromatic N) is 1. The molecule has 18 heavy (non-hydrogen) atoms. The van der Waals surface area contributed by atoms with Crippen molar-refractivity contribution in [2.75, 3.05) is 0 Å². The molecule has 0 atom stereocenters. The molecule has 5 nitrogen and oxygen atoms in total. The molecule has 0 unspecified atom stereocenters. The Morgan fingerprint density at radius 1 is 1.22 bits per heavy atom. The van der Waals surface area contributed by atoms with Gasteiger partial charge in [0.05, 0.1) is 16.8 Å². The standard InChI is InChI=1S/C12H16BNO4/c1-11(2)12(3,4)18-13(17-11)9-5-8(10(15)16)6-14-7-9/h5-7H,1-4H3,(H,15,16). The number of hydrogen-bond donors (Lipinski definition) is 1. The summed E-state index contributed by atoms with van der Waals surface area (Å²) in [4.78, 5) is 14.8. The maximum atomic E-state index is 10.9. The molecular weight excluding hydrogens is 233 g/mol. The van der Waals surface area contributed by atoms with Crippen molar-refractivity contribution in [2.24, 2.45) is 0 Å². The highest BCUT2D eigenvalue weighted by Gasteiger charge is 2.51. The van der Waals surface area contributed by atoms with Crippen molar-refractivity contribution in [3.05, 3.63) is 24.0 Å². The predicted molar refractivity (Wildman–Crippen MR) is 66.9 cm³/mol. The van der Waals surface area contributed by atoms with Crippen molar-refractivity contribution in [3.8, 4) is 0 Å². The van der Waals surface area contributed by atoms with E-state index in [1.165, 1.54) is 12.3 Å². The van der Waals surface area contributed by atoms with E-state index in [0.29, 0.717) is 5.46 Å². The number of rotatable bonds is 2. The van der Waals surface area contributed by atoms with Crippen LogP contribution in [0.15, 0.2) is 18.5 Å². The molecule has 2 heterocycles. The van der Waals surface area contributed by atoms with Crippen LogP contribution in [0.5, 0.6) is 0 Å². The lowest BCUT2D eigenvalue weighted by molar-refractivity contribution is 0.00578. The third-order valence-corrected chi connectivity index (χ3v) is 3.53. The zero-order valence-electron chi connectivity index (χ0n) is 10.9. The van der Waals surface area contributed by atoms with Gasteiger partial charge in [0.25, 0.3) is 0 Å². The van der Waals surface area contributed by atoms with Gasteiger partial charge in [0.2, 0.25) is 0 Å². The normalized spacial score (nSPS) is 21.0. The van der Waals surface area contributed by atoms with Crippen LogP contribution in [-0.2, 0) is 9.31 Å². The summed E-state index contributed by atoms with van der Waals surface area (Å²) in [5.74, 6) is -1.01. The van der Waals surface area contributed by atoms with E-state index in [1.807, 2.05) is 27.7 Å². The van der Waals surface area contributed by atoms with Gasteiger partial charge in [0.1, 0.15) is 0 Å². The fraction of sp³-hybridized carbons (Fsp3) is 0.500. The SMILES string of the molecule is CC1(C)OB(c2cncc(C(=O)O)c2)OC1(C)C. The number of aromatic carboxylic acids is 1. The first kappa shape index (κ1) is 13.0. The summed E-state index contributed by atoms with van der Waals surface area (Å²) in [6.07, 6.45) is 2.87. The van der Waals surface area contributed by atoms with E-state index in [0.717, 1.165) is 0 Å². The second kappa shape index (κ2) is 4.07. The van der Waals surface area contributed by atoms with E-state index in [9.17, 15) is 4.79 Å². The average molecular weight is 249 g/mol. The Bertz CT molecular complexity index is 471. The van der Waals surface area contributed by atoms with Gasteiger partial charge < -0.3 is 14.4 Å². The summed E-state index contributed by atoms with van der Waals surface area (Å²) < 4.78 is 11.7. The van der Waals surface area contributed by atoms with E-state index in [4.69, 9.17) is 14.4 Å². The van der Waals surface area contributed by atoms with Crippen molar-refractivity contribution in [1.29, 1.82) is 0 Å². The third kappa shape index (κ3) is 2.13. The molecule has 1 aromatic heterocycles. The molecule has 1 aliphatic rings. The zero-order valence-corrected chi connectivity index (χ0v) is 10.9. The average Bonchev–Trinajstić information content (AvgIpc) is 2.48. The van der Waals surface area contributed by atoms with Crippen molar-refractivity contribution in [1.82, 2.24) is 4.98 Å². The number of carboxylic acids is 1. The molecule has 0 amide bonds. The molecule has 0 saturated carbocycles. The molecule has 2 rings (SSSR count). The lowest BCUT2D eigenvalue weighted by Gasteiger charge is -2.32. The fourth-order valence-corrected chi connectivity index (χ4v) is 1.68. The van der Waals surface area contributed by atoms with Crippen LogP contribution in [0.25, 0.3) is 0 Å². The largest absolute Gasteiger partial charge is 0.496 e. The van der Waals surface area contributed by atoms with Gasteiger partial charge in [-0.2, -0.15) is 0 Å². The minimum Gasteiger partial charge on any atom is -0.478 e. The maximum absolute atomic E-state index is 10.9. The van der Waals surface area contributed by atoms with Gasteiger partial charge in [-0.25, -0.2) is 4.79 Å². The lowest BCUT2D eigenvalue weighted by Crippen LogP contribution is -2.41. The Morgan fingerprint density at radius 3 is 2.28 bits per heavy atom. The van der Waals surface area contributed by atoms with E-state index in [2.05, 4.69) is 4.98 Å². The smallest absolute Gasteiger partial charge is 0.478 e. The van der Waals surface area contributed by atoms with Crippen LogP contribution >= 0.6 is 0 Å². The molecule has 1 aromatic rings. The van der Waals surface area contributed by atoms with Crippen molar-refractivity contribution >= 4 is 18.6 Å². The Morgan fingerprint density at radius 2 is 1.78 bits per heavy atom. The van der Waals surface area contributed by atoms with Crippen molar-refractivity contribution < 1.29 is 19.2 Å². The molecule has 1 saturated heterocycles. The number of carboxylic acid groups (broad SMARTS) is 1. The second-order valence-corrected chi connectivity index (χ2v) is 5.40. The topological polar surface area (TPSA) is 68.7 Å². The second-order valence-electron chi connectivity index (χ2n) is 5.40. The minimum absolute atomic E-state index is 0.127. The first-order chi connectivity index (χ1) is 8.23. The summed E-state index contributed by atoms with van der Waals surface area (Å²) in [5.41, 5.74) is -0.149. The van der Waals surface area contributed by atoms with Gasteiger partial charge in [-0.15, -0.1) is 0 Å². The molecule has 0 aliphatic carbocycles. The summed E-state index contributed by atoms with van der Waals surface area (Å²) >= 11 is 0. The van der Waals surface area contributed by atoms with Crippen LogP contribution in [0.2, 0.25) is 0 Å². The molecule has 96 valence electrons. The molecule has 0 aromatic carbocycles. The molecule has 1 fully saturated rings. The van der Waals surface area contributed by atoms with Crippen LogP contribution < -0.4 is 5.46 Å². The van der Waals surface area contributed by atoms with E-state index in [1.54, 1.807) is 6.20 Å². The van der Waals surface area contributed by atoms with Gasteiger partial charge in [0.15, 0.2) is 0 Å². The molecule has 6 heteroatoms. The van der Waals surface area contributed by atoms with Crippen molar-refractivity contribution in [3.63, 3.8) is 0 Å². The number of aromatic nitrogens is 1. The Labute approximate surface area is 106 Å². The molecule has 0 radical (unpaired) electrons. The molecule has 1 aliphatic heterocycles.